The Morgan fingerprint density at radius 2 is 0.814 bits per heavy atom. The van der Waals surface area contributed by atoms with Gasteiger partial charge in [0.2, 0.25) is 0 Å². The van der Waals surface area contributed by atoms with E-state index in [0.717, 1.165) is 33.8 Å². The van der Waals surface area contributed by atoms with Crippen molar-refractivity contribution < 1.29 is 0 Å². The van der Waals surface area contributed by atoms with Crippen molar-refractivity contribution in [3.8, 4) is 56.2 Å². The summed E-state index contributed by atoms with van der Waals surface area (Å²) >= 11 is 0. The molecule has 3 nitrogen and oxygen atoms in total. The molecule has 3 heteroatoms. The summed E-state index contributed by atoms with van der Waals surface area (Å²) in [5.74, 6) is 0.715. The van der Waals surface area contributed by atoms with Gasteiger partial charge in [-0.2, -0.15) is 0 Å². The maximum atomic E-state index is 5.29. The first-order valence-corrected chi connectivity index (χ1v) is 20.5. The average molecular weight is 754 g/mol. The molecule has 0 saturated heterocycles. The number of benzene rings is 8. The van der Waals surface area contributed by atoms with Crippen molar-refractivity contribution in [1.82, 2.24) is 9.97 Å². The first-order chi connectivity index (χ1) is 29.0. The van der Waals surface area contributed by atoms with Crippen molar-refractivity contribution in [3.63, 3.8) is 0 Å². The lowest BCUT2D eigenvalue weighted by atomic mass is 9.70. The minimum atomic E-state index is -0.546. The lowest BCUT2D eigenvalue weighted by molar-refractivity contribution is 0.632. The molecule has 0 N–H and O–H groups in total. The van der Waals surface area contributed by atoms with Crippen LogP contribution >= 0.6 is 0 Å². The average Bonchev–Trinajstić information content (AvgIpc) is 3.76. The lowest BCUT2D eigenvalue weighted by Crippen LogP contribution is -2.31. The van der Waals surface area contributed by atoms with Gasteiger partial charge >= 0.3 is 0 Å². The number of para-hydroxylation sites is 2. The van der Waals surface area contributed by atoms with Crippen molar-refractivity contribution in [3.05, 3.63) is 234 Å². The summed E-state index contributed by atoms with van der Waals surface area (Å²) in [6, 6.07) is 73.1. The van der Waals surface area contributed by atoms with E-state index in [2.05, 4.69) is 207 Å². The molecular weight excluding hydrogens is 715 g/mol. The first kappa shape index (κ1) is 33.7. The van der Waals surface area contributed by atoms with E-state index in [4.69, 9.17) is 9.97 Å². The monoisotopic (exact) mass is 753 g/mol. The van der Waals surface area contributed by atoms with E-state index in [-0.39, 0.29) is 5.41 Å². The molecule has 0 fully saturated rings. The SMILES string of the molecule is CC1(C)c2ccccc2N(c2ccc3c(c2)C2(c4ccccc4-c4ccc(-c5cc(-c6ccccc6)nc(-c6ccccc6)n5)cc42)c2ccccc2-3)c2ccccc21. The Balaban J connectivity index is 1.11. The van der Waals surface area contributed by atoms with E-state index in [9.17, 15) is 0 Å². The van der Waals surface area contributed by atoms with Crippen molar-refractivity contribution in [2.45, 2.75) is 24.7 Å². The van der Waals surface area contributed by atoms with Crippen LogP contribution in [0.5, 0.6) is 0 Å². The number of hydrogen-bond donors (Lipinski definition) is 0. The molecule has 1 spiro atoms. The third kappa shape index (κ3) is 4.76. The maximum absolute atomic E-state index is 5.29. The lowest BCUT2D eigenvalue weighted by Gasteiger charge is -2.42. The minimum absolute atomic E-state index is 0.140. The summed E-state index contributed by atoms with van der Waals surface area (Å²) in [5, 5.41) is 0. The van der Waals surface area contributed by atoms with Crippen LogP contribution in [0.1, 0.15) is 47.2 Å². The summed E-state index contributed by atoms with van der Waals surface area (Å²) in [4.78, 5) is 12.9. The Bertz CT molecular complexity index is 3030. The number of anilines is 3. The van der Waals surface area contributed by atoms with Crippen molar-refractivity contribution in [2.24, 2.45) is 0 Å². The molecule has 0 amide bonds. The highest BCUT2D eigenvalue weighted by atomic mass is 15.2. The van der Waals surface area contributed by atoms with E-state index in [1.165, 1.54) is 67.0 Å². The fourth-order valence-electron chi connectivity index (χ4n) is 10.4. The van der Waals surface area contributed by atoms with Crippen molar-refractivity contribution >= 4 is 17.1 Å². The summed E-state index contributed by atoms with van der Waals surface area (Å²) in [6.07, 6.45) is 0. The molecule has 1 unspecified atom stereocenters. The van der Waals surface area contributed by atoms with Gasteiger partial charge in [-0.25, -0.2) is 9.97 Å². The van der Waals surface area contributed by atoms with Gasteiger partial charge in [0, 0.05) is 27.8 Å². The molecule has 12 rings (SSSR count). The summed E-state index contributed by atoms with van der Waals surface area (Å²) < 4.78 is 0. The molecule has 3 aliphatic rings. The van der Waals surface area contributed by atoms with Crippen LogP contribution in [-0.2, 0) is 10.8 Å². The molecule has 278 valence electrons. The van der Waals surface area contributed by atoms with Crippen LogP contribution in [0.25, 0.3) is 56.2 Å². The number of aromatic nitrogens is 2. The minimum Gasteiger partial charge on any atom is -0.310 e. The van der Waals surface area contributed by atoms with E-state index in [1.807, 2.05) is 12.1 Å². The van der Waals surface area contributed by atoms with Gasteiger partial charge in [0.15, 0.2) is 5.82 Å². The van der Waals surface area contributed by atoms with Crippen LogP contribution in [0.3, 0.4) is 0 Å². The Hall–Kier alpha value is -7.36. The molecule has 59 heavy (non-hydrogen) atoms. The fraction of sp³-hybridized carbons (Fsp3) is 0.0714. The van der Waals surface area contributed by atoms with Crippen LogP contribution < -0.4 is 4.90 Å². The summed E-state index contributed by atoms with van der Waals surface area (Å²) in [5.41, 5.74) is 20.8. The third-order valence-electron chi connectivity index (χ3n) is 13.1. The molecule has 1 aromatic heterocycles. The maximum Gasteiger partial charge on any atom is 0.160 e. The molecule has 1 atom stereocenters. The second-order valence-electron chi connectivity index (χ2n) is 16.5. The van der Waals surface area contributed by atoms with Gasteiger partial charge in [-0.15, -0.1) is 0 Å². The second kappa shape index (κ2) is 12.6. The van der Waals surface area contributed by atoms with Gasteiger partial charge in [-0.1, -0.05) is 178 Å². The van der Waals surface area contributed by atoms with Gasteiger partial charge in [0.1, 0.15) is 0 Å². The Kier molecular flexibility index (Phi) is 7.19. The summed E-state index contributed by atoms with van der Waals surface area (Å²) in [6.45, 7) is 4.70. The number of rotatable bonds is 4. The highest BCUT2D eigenvalue weighted by Gasteiger charge is 2.52. The van der Waals surface area contributed by atoms with Gasteiger partial charge in [-0.05, 0) is 92.0 Å². The third-order valence-corrected chi connectivity index (χ3v) is 13.1. The molecule has 0 radical (unpaired) electrons. The first-order valence-electron chi connectivity index (χ1n) is 20.5. The predicted octanol–water partition coefficient (Wildman–Crippen LogP) is 13.9. The highest BCUT2D eigenvalue weighted by Crippen LogP contribution is 2.64. The van der Waals surface area contributed by atoms with Gasteiger partial charge in [-0.3, -0.25) is 0 Å². The molecule has 2 aliphatic carbocycles. The molecule has 0 bridgehead atoms. The standard InChI is InChI=1S/C56H39N3/c1-55(2)46-25-13-15-27-52(46)59(53-28-16-14-26-47(53)55)39-30-32-43-41-22-10-12-24-45(41)56(49(43)34-39)44-23-11-9-21-40(44)42-31-29-38(33-48(42)56)51-35-50(36-17-5-3-6-18-36)57-54(58-51)37-19-7-4-8-20-37/h3-35H,1-2H3. The second-order valence-corrected chi connectivity index (χ2v) is 16.5. The molecule has 8 aromatic carbocycles. The van der Waals surface area contributed by atoms with Crippen LogP contribution in [0, 0.1) is 0 Å². The van der Waals surface area contributed by atoms with E-state index >= 15 is 0 Å². The Morgan fingerprint density at radius 1 is 0.356 bits per heavy atom. The Morgan fingerprint density at radius 3 is 1.42 bits per heavy atom. The largest absolute Gasteiger partial charge is 0.310 e. The predicted molar refractivity (Wildman–Crippen MR) is 241 cm³/mol. The number of hydrogen-bond acceptors (Lipinski definition) is 3. The molecule has 0 saturated carbocycles. The zero-order valence-electron chi connectivity index (χ0n) is 32.9. The highest BCUT2D eigenvalue weighted by molar-refractivity contribution is 5.97. The van der Waals surface area contributed by atoms with Crippen LogP contribution in [0.2, 0.25) is 0 Å². The van der Waals surface area contributed by atoms with Gasteiger partial charge in [0.25, 0.3) is 0 Å². The zero-order chi connectivity index (χ0) is 39.3. The summed E-state index contributed by atoms with van der Waals surface area (Å²) in [7, 11) is 0. The fourth-order valence-corrected chi connectivity index (χ4v) is 10.4. The normalized spacial score (nSPS) is 16.1. The van der Waals surface area contributed by atoms with Crippen LogP contribution in [0.15, 0.2) is 200 Å². The molecule has 2 heterocycles. The number of nitrogens with zero attached hydrogens (tertiary/aromatic N) is 3. The van der Waals surface area contributed by atoms with E-state index in [1.54, 1.807) is 0 Å². The smallest absolute Gasteiger partial charge is 0.160 e. The molecule has 1 aliphatic heterocycles. The van der Waals surface area contributed by atoms with Crippen molar-refractivity contribution in [2.75, 3.05) is 4.90 Å². The van der Waals surface area contributed by atoms with E-state index < -0.39 is 5.41 Å². The van der Waals surface area contributed by atoms with Crippen LogP contribution in [-0.4, -0.2) is 9.97 Å². The molecule has 9 aromatic rings. The van der Waals surface area contributed by atoms with Gasteiger partial charge < -0.3 is 4.90 Å². The topological polar surface area (TPSA) is 29.0 Å². The van der Waals surface area contributed by atoms with Crippen molar-refractivity contribution in [1.29, 1.82) is 0 Å². The quantitative estimate of drug-likeness (QED) is 0.179. The Labute approximate surface area is 345 Å². The van der Waals surface area contributed by atoms with E-state index in [0.29, 0.717) is 5.82 Å². The van der Waals surface area contributed by atoms with Crippen LogP contribution in [0.4, 0.5) is 17.1 Å². The molecular formula is C56H39N3. The zero-order valence-corrected chi connectivity index (χ0v) is 32.9. The number of fused-ring (bicyclic) bond motifs is 12. The van der Waals surface area contributed by atoms with Gasteiger partial charge in [0.05, 0.1) is 28.2 Å².